The number of thioether (sulfide) groups is 1. The van der Waals surface area contributed by atoms with Gasteiger partial charge >= 0.3 is 0 Å². The number of hydrogen-bond donors (Lipinski definition) is 1. The predicted octanol–water partition coefficient (Wildman–Crippen LogP) is 3.96. The van der Waals surface area contributed by atoms with Crippen LogP contribution < -0.4 is 10.9 Å². The zero-order chi connectivity index (χ0) is 19.8. The highest BCUT2D eigenvalue weighted by molar-refractivity contribution is 8.00. The fourth-order valence-corrected chi connectivity index (χ4v) is 3.91. The molecule has 1 heterocycles. The Hall–Kier alpha value is -2.34. The summed E-state index contributed by atoms with van der Waals surface area (Å²) in [6.45, 7) is 10.1. The molecule has 1 N–H and O–H groups in total. The maximum Gasteiger partial charge on any atom is 0.262 e. The molecule has 2 aromatic carbocycles. The van der Waals surface area contributed by atoms with Gasteiger partial charge in [-0.2, -0.15) is 0 Å². The molecular formula is C21H25N3O2S. The number of hydrogen-bond acceptors (Lipinski definition) is 4. The lowest BCUT2D eigenvalue weighted by molar-refractivity contribution is -0.121. The van der Waals surface area contributed by atoms with E-state index in [1.165, 1.54) is 11.8 Å². The van der Waals surface area contributed by atoms with E-state index in [2.05, 4.69) is 5.32 Å². The van der Waals surface area contributed by atoms with Crippen LogP contribution in [0.4, 0.5) is 0 Å². The van der Waals surface area contributed by atoms with Crippen LogP contribution in [0.2, 0.25) is 0 Å². The Labute approximate surface area is 163 Å². The number of aromatic nitrogens is 2. The maximum absolute atomic E-state index is 13.0. The lowest BCUT2D eigenvalue weighted by Crippen LogP contribution is -2.44. The third kappa shape index (κ3) is 4.16. The number of benzene rings is 2. The van der Waals surface area contributed by atoms with Crippen LogP contribution in [-0.4, -0.2) is 26.2 Å². The molecule has 5 nitrogen and oxygen atoms in total. The van der Waals surface area contributed by atoms with Crippen molar-refractivity contribution in [2.75, 3.05) is 0 Å². The highest BCUT2D eigenvalue weighted by atomic mass is 32.2. The van der Waals surface area contributed by atoms with E-state index in [0.29, 0.717) is 22.6 Å². The van der Waals surface area contributed by atoms with Crippen molar-refractivity contribution in [2.24, 2.45) is 0 Å². The molecule has 0 fully saturated rings. The van der Waals surface area contributed by atoms with E-state index in [0.717, 1.165) is 10.8 Å². The summed E-state index contributed by atoms with van der Waals surface area (Å²) in [5.74, 6) is -0.0667. The molecule has 0 unspecified atom stereocenters. The van der Waals surface area contributed by atoms with Crippen LogP contribution in [0.5, 0.6) is 0 Å². The number of carbonyl (C=O) groups is 1. The van der Waals surface area contributed by atoms with Crippen LogP contribution in [-0.2, 0) is 11.3 Å². The molecule has 0 spiro atoms. The molecule has 0 aliphatic carbocycles. The Bertz CT molecular complexity index is 1070. The second-order valence-corrected chi connectivity index (χ2v) is 8.97. The second-order valence-electron chi connectivity index (χ2n) is 7.66. The molecule has 142 valence electrons. The standard InChI is InChI=1S/C21H25N3O2S/c1-6-24-19(26)16-11-14-9-7-8-10-15(14)12-17(16)22-20(24)27-13(2)18(25)23-21(3,4)5/h7-13H,6H2,1-5H3,(H,23,25)/t13-/m1/s1. The molecule has 6 heteroatoms. The van der Waals surface area contributed by atoms with Crippen molar-refractivity contribution in [3.8, 4) is 0 Å². The first-order valence-electron chi connectivity index (χ1n) is 9.11. The summed E-state index contributed by atoms with van der Waals surface area (Å²) in [5, 5.41) is 5.86. The molecule has 1 aromatic heterocycles. The molecule has 1 atom stereocenters. The fraction of sp³-hybridized carbons (Fsp3) is 0.381. The maximum atomic E-state index is 13.0. The number of rotatable bonds is 4. The van der Waals surface area contributed by atoms with Crippen LogP contribution >= 0.6 is 11.8 Å². The quantitative estimate of drug-likeness (QED) is 0.421. The van der Waals surface area contributed by atoms with Crippen molar-refractivity contribution in [2.45, 2.75) is 57.1 Å². The van der Waals surface area contributed by atoms with E-state index < -0.39 is 0 Å². The van der Waals surface area contributed by atoms with Gasteiger partial charge in [0.1, 0.15) is 0 Å². The van der Waals surface area contributed by atoms with Crippen LogP contribution in [0.15, 0.2) is 46.3 Å². The van der Waals surface area contributed by atoms with Crippen molar-refractivity contribution in [1.82, 2.24) is 14.9 Å². The molecule has 0 saturated carbocycles. The lowest BCUT2D eigenvalue weighted by Gasteiger charge is -2.23. The smallest absolute Gasteiger partial charge is 0.262 e. The Balaban J connectivity index is 2.05. The zero-order valence-corrected chi connectivity index (χ0v) is 17.2. The van der Waals surface area contributed by atoms with E-state index in [1.807, 2.05) is 71.0 Å². The summed E-state index contributed by atoms with van der Waals surface area (Å²) >= 11 is 1.32. The molecule has 1 amide bonds. The molecule has 0 aliphatic rings. The largest absolute Gasteiger partial charge is 0.351 e. The molecular weight excluding hydrogens is 358 g/mol. The van der Waals surface area contributed by atoms with Crippen molar-refractivity contribution < 1.29 is 4.79 Å². The van der Waals surface area contributed by atoms with Crippen molar-refractivity contribution in [1.29, 1.82) is 0 Å². The molecule has 0 radical (unpaired) electrons. The van der Waals surface area contributed by atoms with E-state index in [9.17, 15) is 9.59 Å². The molecule has 0 aliphatic heterocycles. The topological polar surface area (TPSA) is 64.0 Å². The van der Waals surface area contributed by atoms with Gasteiger partial charge in [-0.3, -0.25) is 14.2 Å². The van der Waals surface area contributed by atoms with Gasteiger partial charge in [-0.25, -0.2) is 4.98 Å². The van der Waals surface area contributed by atoms with Gasteiger partial charge in [-0.05, 0) is 57.5 Å². The van der Waals surface area contributed by atoms with Crippen molar-refractivity contribution >= 4 is 39.3 Å². The Morgan fingerprint density at radius 3 is 2.44 bits per heavy atom. The van der Waals surface area contributed by atoms with Crippen molar-refractivity contribution in [3.05, 3.63) is 46.8 Å². The molecule has 0 saturated heterocycles. The van der Waals surface area contributed by atoms with E-state index in [-0.39, 0.29) is 22.3 Å². The second kappa shape index (κ2) is 7.35. The first kappa shape index (κ1) is 19.4. The number of nitrogens with one attached hydrogen (secondary N) is 1. The number of amides is 1. The monoisotopic (exact) mass is 383 g/mol. The molecule has 3 aromatic rings. The predicted molar refractivity (Wildman–Crippen MR) is 112 cm³/mol. The van der Waals surface area contributed by atoms with Gasteiger partial charge in [0, 0.05) is 12.1 Å². The van der Waals surface area contributed by atoms with Gasteiger partial charge in [0.2, 0.25) is 5.91 Å². The summed E-state index contributed by atoms with van der Waals surface area (Å²) in [6, 6.07) is 11.8. The normalized spacial score (nSPS) is 13.1. The minimum absolute atomic E-state index is 0.0667. The Kier molecular flexibility index (Phi) is 5.29. The van der Waals surface area contributed by atoms with Gasteiger partial charge in [0.05, 0.1) is 16.2 Å². The summed E-state index contributed by atoms with van der Waals surface area (Å²) in [7, 11) is 0. The Morgan fingerprint density at radius 1 is 1.22 bits per heavy atom. The fourth-order valence-electron chi connectivity index (χ4n) is 2.94. The zero-order valence-electron chi connectivity index (χ0n) is 16.4. The van der Waals surface area contributed by atoms with E-state index in [4.69, 9.17) is 4.98 Å². The van der Waals surface area contributed by atoms with E-state index >= 15 is 0 Å². The van der Waals surface area contributed by atoms with Gasteiger partial charge in [0.15, 0.2) is 5.16 Å². The highest BCUT2D eigenvalue weighted by Gasteiger charge is 2.22. The first-order chi connectivity index (χ1) is 12.7. The number of nitrogens with zero attached hydrogens (tertiary/aromatic N) is 2. The molecule has 3 rings (SSSR count). The average molecular weight is 384 g/mol. The minimum Gasteiger partial charge on any atom is -0.351 e. The van der Waals surface area contributed by atoms with Crippen molar-refractivity contribution in [3.63, 3.8) is 0 Å². The van der Waals surface area contributed by atoms with Crippen LogP contribution in [0.3, 0.4) is 0 Å². The highest BCUT2D eigenvalue weighted by Crippen LogP contribution is 2.25. The lowest BCUT2D eigenvalue weighted by atomic mass is 10.1. The molecule has 27 heavy (non-hydrogen) atoms. The van der Waals surface area contributed by atoms with Gasteiger partial charge in [-0.1, -0.05) is 36.0 Å². The summed E-state index contributed by atoms with van der Waals surface area (Å²) < 4.78 is 1.64. The van der Waals surface area contributed by atoms with Gasteiger partial charge in [-0.15, -0.1) is 0 Å². The minimum atomic E-state index is -0.355. The van der Waals surface area contributed by atoms with Gasteiger partial charge in [0.25, 0.3) is 5.56 Å². The number of carbonyl (C=O) groups excluding carboxylic acids is 1. The average Bonchev–Trinajstić information content (AvgIpc) is 2.59. The summed E-state index contributed by atoms with van der Waals surface area (Å²) in [5.41, 5.74) is 0.292. The van der Waals surface area contributed by atoms with E-state index in [1.54, 1.807) is 4.57 Å². The SMILES string of the molecule is CCn1c(S[C@H](C)C(=O)NC(C)(C)C)nc2cc3ccccc3cc2c1=O. The van der Waals surface area contributed by atoms with Crippen LogP contribution in [0.1, 0.15) is 34.6 Å². The Morgan fingerprint density at radius 2 is 1.85 bits per heavy atom. The number of fused-ring (bicyclic) bond motifs is 2. The third-order valence-electron chi connectivity index (χ3n) is 4.25. The van der Waals surface area contributed by atoms with Crippen LogP contribution in [0.25, 0.3) is 21.7 Å². The summed E-state index contributed by atoms with van der Waals surface area (Å²) in [4.78, 5) is 30.2. The third-order valence-corrected chi connectivity index (χ3v) is 5.34. The molecule has 0 bridgehead atoms. The summed E-state index contributed by atoms with van der Waals surface area (Å²) in [6.07, 6.45) is 0. The van der Waals surface area contributed by atoms with Crippen LogP contribution in [0, 0.1) is 0 Å². The first-order valence-corrected chi connectivity index (χ1v) is 9.99. The van der Waals surface area contributed by atoms with Gasteiger partial charge < -0.3 is 5.32 Å².